The normalized spacial score (nSPS) is 10.7. The van der Waals surface area contributed by atoms with Gasteiger partial charge in [0.1, 0.15) is 5.75 Å². The molecule has 20 heavy (non-hydrogen) atoms. The Morgan fingerprint density at radius 1 is 1.15 bits per heavy atom. The van der Waals surface area contributed by atoms with Gasteiger partial charge in [-0.1, -0.05) is 12.1 Å². The molecular weight excluding hydrogens is 278 g/mol. The lowest BCUT2D eigenvalue weighted by Crippen LogP contribution is -2.07. The number of para-hydroxylation sites is 2. The van der Waals surface area contributed by atoms with E-state index in [1.165, 1.54) is 24.3 Å². The van der Waals surface area contributed by atoms with Crippen molar-refractivity contribution in [1.82, 2.24) is 4.98 Å². The molecule has 0 bridgehead atoms. The Hall–Kier alpha value is -2.51. The number of nitrogens with zero attached hydrogens (tertiary/aromatic N) is 1. The van der Waals surface area contributed by atoms with Gasteiger partial charge in [0, 0.05) is 6.07 Å². The van der Waals surface area contributed by atoms with Crippen LogP contribution in [0.2, 0.25) is 0 Å². The Bertz CT molecular complexity index is 622. The van der Waals surface area contributed by atoms with Gasteiger partial charge in [-0.3, -0.25) is 0 Å². The van der Waals surface area contributed by atoms with E-state index in [1.807, 2.05) is 0 Å². The zero-order valence-corrected chi connectivity index (χ0v) is 9.91. The number of hydrogen-bond donors (Lipinski definition) is 2. The van der Waals surface area contributed by atoms with Crippen molar-refractivity contribution in [2.24, 2.45) is 0 Å². The summed E-state index contributed by atoms with van der Waals surface area (Å²) in [7, 11) is 0. The van der Waals surface area contributed by atoms with Gasteiger partial charge in [0.25, 0.3) is 0 Å². The third kappa shape index (κ3) is 3.08. The summed E-state index contributed by atoms with van der Waals surface area (Å²) in [5, 5.41) is 2.42. The first kappa shape index (κ1) is 13.9. The molecule has 0 saturated heterocycles. The van der Waals surface area contributed by atoms with Gasteiger partial charge in [0.15, 0.2) is 23.3 Å². The summed E-state index contributed by atoms with van der Waals surface area (Å²) in [5.41, 5.74) is 5.26. The van der Waals surface area contributed by atoms with Crippen molar-refractivity contribution in [2.45, 2.75) is 6.61 Å². The third-order valence-electron chi connectivity index (χ3n) is 2.31. The van der Waals surface area contributed by atoms with Crippen LogP contribution < -0.4 is 15.8 Å². The second-order valence-corrected chi connectivity index (χ2v) is 3.69. The van der Waals surface area contributed by atoms with Crippen LogP contribution in [0.15, 0.2) is 30.3 Å². The van der Waals surface area contributed by atoms with Crippen molar-refractivity contribution in [1.29, 1.82) is 0 Å². The molecule has 0 unspecified atom stereocenters. The number of alkyl halides is 2. The molecule has 0 radical (unpaired) electrons. The Balaban J connectivity index is 2.33. The van der Waals surface area contributed by atoms with Crippen LogP contribution in [0.4, 0.5) is 34.9 Å². The van der Waals surface area contributed by atoms with Gasteiger partial charge in [-0.2, -0.15) is 8.78 Å². The first-order chi connectivity index (χ1) is 9.47. The van der Waals surface area contributed by atoms with Crippen molar-refractivity contribution >= 4 is 17.3 Å². The summed E-state index contributed by atoms with van der Waals surface area (Å²) in [6.07, 6.45) is 0. The zero-order chi connectivity index (χ0) is 14.7. The molecule has 0 aliphatic rings. The molecule has 0 fully saturated rings. The van der Waals surface area contributed by atoms with Crippen molar-refractivity contribution in [3.8, 4) is 5.75 Å². The number of nitrogens with two attached hydrogens (primary N) is 1. The summed E-state index contributed by atoms with van der Waals surface area (Å²) in [6, 6.07) is 6.16. The van der Waals surface area contributed by atoms with E-state index in [1.54, 1.807) is 0 Å². The predicted octanol–water partition coefficient (Wildman–Crippen LogP) is 3.29. The molecule has 0 aliphatic heterocycles. The van der Waals surface area contributed by atoms with Gasteiger partial charge in [-0.25, -0.2) is 13.8 Å². The number of aromatic nitrogens is 1. The lowest BCUT2D eigenvalue weighted by Gasteiger charge is -2.12. The standard InChI is InChI=1S/C12H9F4N3O/c13-6-5-7(14)11(19-10(6)17)18-8-3-1-2-4-9(8)20-12(15)16/h1-5,12H,(H3,17,18,19). The van der Waals surface area contributed by atoms with Gasteiger partial charge in [-0.05, 0) is 12.1 Å². The van der Waals surface area contributed by atoms with Crippen LogP contribution in [0.1, 0.15) is 0 Å². The largest absolute Gasteiger partial charge is 0.433 e. The van der Waals surface area contributed by atoms with Crippen LogP contribution in [-0.4, -0.2) is 11.6 Å². The molecule has 0 atom stereocenters. The molecule has 1 aromatic carbocycles. The van der Waals surface area contributed by atoms with Crippen LogP contribution >= 0.6 is 0 Å². The smallest absolute Gasteiger partial charge is 0.387 e. The number of pyridine rings is 1. The average molecular weight is 287 g/mol. The Labute approximate surface area is 111 Å². The zero-order valence-electron chi connectivity index (χ0n) is 9.91. The fraction of sp³-hybridized carbons (Fsp3) is 0.0833. The lowest BCUT2D eigenvalue weighted by molar-refractivity contribution is -0.0493. The predicted molar refractivity (Wildman–Crippen MR) is 64.9 cm³/mol. The van der Waals surface area contributed by atoms with Crippen molar-refractivity contribution < 1.29 is 22.3 Å². The fourth-order valence-corrected chi connectivity index (χ4v) is 1.46. The van der Waals surface area contributed by atoms with E-state index in [2.05, 4.69) is 15.0 Å². The quantitative estimate of drug-likeness (QED) is 0.847. The number of anilines is 3. The number of ether oxygens (including phenoxy) is 1. The molecule has 4 nitrogen and oxygen atoms in total. The first-order valence-corrected chi connectivity index (χ1v) is 5.39. The molecule has 2 aromatic rings. The Morgan fingerprint density at radius 2 is 1.85 bits per heavy atom. The van der Waals surface area contributed by atoms with E-state index in [0.29, 0.717) is 6.07 Å². The summed E-state index contributed by atoms with van der Waals surface area (Å²) in [4.78, 5) is 3.46. The molecule has 106 valence electrons. The molecule has 1 aromatic heterocycles. The van der Waals surface area contributed by atoms with Gasteiger partial charge in [0.05, 0.1) is 5.69 Å². The van der Waals surface area contributed by atoms with E-state index >= 15 is 0 Å². The Kier molecular flexibility index (Phi) is 3.92. The monoisotopic (exact) mass is 287 g/mol. The van der Waals surface area contributed by atoms with E-state index in [0.717, 1.165) is 0 Å². The maximum absolute atomic E-state index is 13.5. The maximum atomic E-state index is 13.5. The summed E-state index contributed by atoms with van der Waals surface area (Å²) in [5.74, 6) is -3.13. The maximum Gasteiger partial charge on any atom is 0.387 e. The number of halogens is 4. The highest BCUT2D eigenvalue weighted by Gasteiger charge is 2.13. The van der Waals surface area contributed by atoms with Crippen LogP contribution in [0.3, 0.4) is 0 Å². The topological polar surface area (TPSA) is 60.2 Å². The third-order valence-corrected chi connectivity index (χ3v) is 2.31. The fourth-order valence-electron chi connectivity index (χ4n) is 1.46. The minimum absolute atomic E-state index is 0.0465. The van der Waals surface area contributed by atoms with Gasteiger partial charge < -0.3 is 15.8 Å². The summed E-state index contributed by atoms with van der Waals surface area (Å²) < 4.78 is 55.2. The molecule has 0 aliphatic carbocycles. The second-order valence-electron chi connectivity index (χ2n) is 3.69. The number of nitrogens with one attached hydrogen (secondary N) is 1. The highest BCUT2D eigenvalue weighted by atomic mass is 19.3. The van der Waals surface area contributed by atoms with Gasteiger partial charge in [0.2, 0.25) is 0 Å². The first-order valence-electron chi connectivity index (χ1n) is 5.39. The van der Waals surface area contributed by atoms with E-state index in [4.69, 9.17) is 5.73 Å². The minimum atomic E-state index is -3.03. The highest BCUT2D eigenvalue weighted by Crippen LogP contribution is 2.29. The molecule has 0 saturated carbocycles. The van der Waals surface area contributed by atoms with Gasteiger partial charge >= 0.3 is 6.61 Å². The number of benzene rings is 1. The summed E-state index contributed by atoms with van der Waals surface area (Å²) in [6.45, 7) is -3.03. The molecule has 0 spiro atoms. The summed E-state index contributed by atoms with van der Waals surface area (Å²) >= 11 is 0. The molecular formula is C12H9F4N3O. The second kappa shape index (κ2) is 5.64. The minimum Gasteiger partial charge on any atom is -0.433 e. The van der Waals surface area contributed by atoms with Crippen LogP contribution in [-0.2, 0) is 0 Å². The molecule has 2 rings (SSSR count). The van der Waals surface area contributed by atoms with E-state index in [9.17, 15) is 17.6 Å². The number of nitrogen functional groups attached to an aromatic ring is 1. The van der Waals surface area contributed by atoms with Crippen LogP contribution in [0.25, 0.3) is 0 Å². The number of rotatable bonds is 4. The van der Waals surface area contributed by atoms with E-state index in [-0.39, 0.29) is 11.4 Å². The SMILES string of the molecule is Nc1nc(Nc2ccccc2OC(F)F)c(F)cc1F. The van der Waals surface area contributed by atoms with Crippen molar-refractivity contribution in [3.63, 3.8) is 0 Å². The lowest BCUT2D eigenvalue weighted by atomic mass is 10.3. The average Bonchev–Trinajstić information content (AvgIpc) is 2.37. The van der Waals surface area contributed by atoms with Crippen molar-refractivity contribution in [3.05, 3.63) is 42.0 Å². The van der Waals surface area contributed by atoms with Crippen LogP contribution in [0.5, 0.6) is 5.75 Å². The van der Waals surface area contributed by atoms with Crippen LogP contribution in [0, 0.1) is 11.6 Å². The van der Waals surface area contributed by atoms with E-state index < -0.39 is 29.9 Å². The molecule has 1 heterocycles. The van der Waals surface area contributed by atoms with Gasteiger partial charge in [-0.15, -0.1) is 0 Å². The highest BCUT2D eigenvalue weighted by molar-refractivity contribution is 5.65. The number of hydrogen-bond acceptors (Lipinski definition) is 4. The molecule has 8 heteroatoms. The molecule has 0 amide bonds. The molecule has 3 N–H and O–H groups in total. The Morgan fingerprint density at radius 3 is 2.55 bits per heavy atom. The van der Waals surface area contributed by atoms with Crippen molar-refractivity contribution in [2.75, 3.05) is 11.1 Å².